The van der Waals surface area contributed by atoms with Crippen LogP contribution in [0.2, 0.25) is 5.02 Å². The van der Waals surface area contributed by atoms with Crippen molar-refractivity contribution < 1.29 is 5.11 Å². The third-order valence-corrected chi connectivity index (χ3v) is 2.92. The van der Waals surface area contributed by atoms with Crippen LogP contribution < -0.4 is 0 Å². The van der Waals surface area contributed by atoms with Crippen molar-refractivity contribution in [3.63, 3.8) is 0 Å². The molecule has 16 heavy (non-hydrogen) atoms. The van der Waals surface area contributed by atoms with E-state index in [9.17, 15) is 5.11 Å². The summed E-state index contributed by atoms with van der Waals surface area (Å²) in [4.78, 5) is 0. The van der Waals surface area contributed by atoms with Crippen LogP contribution in [0.5, 0.6) is 5.75 Å². The maximum Gasteiger partial charge on any atom is 0.115 e. The lowest BCUT2D eigenvalue weighted by Gasteiger charge is -2.05. The van der Waals surface area contributed by atoms with Crippen molar-refractivity contribution in [1.29, 1.82) is 0 Å². The second-order valence-electron chi connectivity index (χ2n) is 3.76. The van der Waals surface area contributed by atoms with Gasteiger partial charge in [0.1, 0.15) is 5.75 Å². The molecule has 0 atom stereocenters. The zero-order valence-corrected chi connectivity index (χ0v) is 9.61. The first-order chi connectivity index (χ1) is 7.75. The molecule has 0 amide bonds. The second kappa shape index (κ2) is 5.04. The topological polar surface area (TPSA) is 20.2 Å². The third kappa shape index (κ3) is 2.77. The maximum atomic E-state index is 9.38. The van der Waals surface area contributed by atoms with Crippen LogP contribution in [-0.2, 0) is 12.8 Å². The van der Waals surface area contributed by atoms with Crippen LogP contribution in [0.15, 0.2) is 48.5 Å². The number of phenolic OH excluding ortho intramolecular Hbond substituents is 1. The smallest absolute Gasteiger partial charge is 0.115 e. The Morgan fingerprint density at radius 1 is 0.938 bits per heavy atom. The molecular weight excluding hydrogens is 220 g/mol. The van der Waals surface area contributed by atoms with E-state index in [1.807, 2.05) is 18.2 Å². The second-order valence-corrected chi connectivity index (χ2v) is 4.17. The molecule has 2 heteroatoms. The molecule has 0 spiro atoms. The summed E-state index contributed by atoms with van der Waals surface area (Å²) in [5.74, 6) is 0.271. The van der Waals surface area contributed by atoms with E-state index < -0.39 is 0 Å². The summed E-state index contributed by atoms with van der Waals surface area (Å²) in [6.07, 6.45) is 1.78. The van der Waals surface area contributed by atoms with E-state index in [1.165, 1.54) is 5.56 Å². The molecule has 0 aromatic heterocycles. The Hall–Kier alpha value is -1.47. The molecule has 0 aliphatic carbocycles. The number of aromatic hydroxyl groups is 1. The Morgan fingerprint density at radius 2 is 1.69 bits per heavy atom. The van der Waals surface area contributed by atoms with Crippen molar-refractivity contribution in [3.8, 4) is 5.75 Å². The van der Waals surface area contributed by atoms with Crippen molar-refractivity contribution in [2.45, 2.75) is 12.8 Å². The van der Waals surface area contributed by atoms with Crippen molar-refractivity contribution in [2.75, 3.05) is 0 Å². The third-order valence-electron chi connectivity index (χ3n) is 2.56. The maximum absolute atomic E-state index is 9.38. The van der Waals surface area contributed by atoms with Crippen molar-refractivity contribution >= 4 is 11.6 Å². The number of benzene rings is 2. The molecule has 0 saturated heterocycles. The van der Waals surface area contributed by atoms with Crippen LogP contribution in [-0.4, -0.2) is 5.11 Å². The average Bonchev–Trinajstić information content (AvgIpc) is 2.32. The first-order valence-electron chi connectivity index (χ1n) is 5.27. The van der Waals surface area contributed by atoms with Crippen LogP contribution in [0.3, 0.4) is 0 Å². The van der Waals surface area contributed by atoms with Gasteiger partial charge in [-0.15, -0.1) is 0 Å². The van der Waals surface area contributed by atoms with E-state index in [-0.39, 0.29) is 5.75 Å². The Morgan fingerprint density at radius 3 is 2.44 bits per heavy atom. The summed E-state index contributed by atoms with van der Waals surface area (Å²) in [6, 6.07) is 15.3. The highest BCUT2D eigenvalue weighted by Gasteiger charge is 2.02. The summed E-state index contributed by atoms with van der Waals surface area (Å²) in [7, 11) is 0. The van der Waals surface area contributed by atoms with Crippen molar-refractivity contribution in [3.05, 3.63) is 64.7 Å². The molecule has 2 rings (SSSR count). The summed E-state index contributed by atoms with van der Waals surface area (Å²) in [5, 5.41) is 10.1. The molecule has 1 nitrogen and oxygen atoms in total. The van der Waals surface area contributed by atoms with Gasteiger partial charge in [0.05, 0.1) is 0 Å². The molecule has 0 aliphatic heterocycles. The van der Waals surface area contributed by atoms with Gasteiger partial charge >= 0.3 is 0 Å². The monoisotopic (exact) mass is 232 g/mol. The summed E-state index contributed by atoms with van der Waals surface area (Å²) in [6.45, 7) is 0. The van der Waals surface area contributed by atoms with Crippen LogP contribution >= 0.6 is 11.6 Å². The normalized spacial score (nSPS) is 10.3. The number of phenols is 1. The fourth-order valence-electron chi connectivity index (χ4n) is 1.68. The van der Waals surface area contributed by atoms with E-state index in [0.717, 1.165) is 18.4 Å². The highest BCUT2D eigenvalue weighted by molar-refractivity contribution is 6.31. The van der Waals surface area contributed by atoms with Crippen molar-refractivity contribution in [2.24, 2.45) is 0 Å². The Bertz CT molecular complexity index is 465. The highest BCUT2D eigenvalue weighted by Crippen LogP contribution is 2.22. The van der Waals surface area contributed by atoms with Gasteiger partial charge in [0.25, 0.3) is 0 Å². The molecule has 2 aromatic rings. The molecule has 0 radical (unpaired) electrons. The lowest BCUT2D eigenvalue weighted by Crippen LogP contribution is -1.91. The summed E-state index contributed by atoms with van der Waals surface area (Å²) in [5.41, 5.74) is 2.27. The first kappa shape index (κ1) is 11.0. The lowest BCUT2D eigenvalue weighted by molar-refractivity contribution is 0.474. The predicted octanol–water partition coefficient (Wildman–Crippen LogP) is 3.83. The molecule has 2 aromatic carbocycles. The number of hydrogen-bond acceptors (Lipinski definition) is 1. The largest absolute Gasteiger partial charge is 0.508 e. The van der Waals surface area contributed by atoms with Crippen LogP contribution in [0, 0.1) is 0 Å². The molecule has 0 aliphatic rings. The average molecular weight is 233 g/mol. The molecule has 82 valence electrons. The fraction of sp³-hybridized carbons (Fsp3) is 0.143. The Labute approximate surface area is 100 Å². The Kier molecular flexibility index (Phi) is 3.47. The number of halogens is 1. The van der Waals surface area contributed by atoms with Gasteiger partial charge in [-0.25, -0.2) is 0 Å². The van der Waals surface area contributed by atoms with Gasteiger partial charge in [-0.1, -0.05) is 41.9 Å². The number of aryl methyl sites for hydroxylation is 2. The molecule has 0 heterocycles. The minimum Gasteiger partial charge on any atom is -0.508 e. The summed E-state index contributed by atoms with van der Waals surface area (Å²) >= 11 is 6.05. The minimum atomic E-state index is 0.271. The SMILES string of the molecule is Oc1ccc(Cl)c(CCc2ccccc2)c1. The molecule has 0 saturated carbocycles. The molecule has 0 unspecified atom stereocenters. The standard InChI is InChI=1S/C14H13ClO/c15-14-9-8-13(16)10-12(14)7-6-11-4-2-1-3-5-11/h1-5,8-10,16H,6-7H2. The van der Waals surface area contributed by atoms with E-state index >= 15 is 0 Å². The molecule has 1 N–H and O–H groups in total. The van der Waals surface area contributed by atoms with Gasteiger partial charge in [0.15, 0.2) is 0 Å². The number of rotatable bonds is 3. The van der Waals surface area contributed by atoms with Gasteiger partial charge in [0.2, 0.25) is 0 Å². The fourth-order valence-corrected chi connectivity index (χ4v) is 1.89. The predicted molar refractivity (Wildman–Crippen MR) is 67.0 cm³/mol. The molecular formula is C14H13ClO. The first-order valence-corrected chi connectivity index (χ1v) is 5.65. The van der Waals surface area contributed by atoms with Gasteiger partial charge in [-0.05, 0) is 42.2 Å². The van der Waals surface area contributed by atoms with Crippen LogP contribution in [0.1, 0.15) is 11.1 Å². The van der Waals surface area contributed by atoms with E-state index in [2.05, 4.69) is 12.1 Å². The van der Waals surface area contributed by atoms with E-state index in [4.69, 9.17) is 11.6 Å². The summed E-state index contributed by atoms with van der Waals surface area (Å²) < 4.78 is 0. The van der Waals surface area contributed by atoms with Crippen LogP contribution in [0.25, 0.3) is 0 Å². The molecule has 0 bridgehead atoms. The number of hydrogen-bond donors (Lipinski definition) is 1. The van der Waals surface area contributed by atoms with Gasteiger partial charge < -0.3 is 5.11 Å². The Balaban J connectivity index is 2.08. The highest BCUT2D eigenvalue weighted by atomic mass is 35.5. The quantitative estimate of drug-likeness (QED) is 0.853. The zero-order valence-electron chi connectivity index (χ0n) is 8.86. The van der Waals surface area contributed by atoms with E-state index in [0.29, 0.717) is 5.02 Å². The van der Waals surface area contributed by atoms with Gasteiger partial charge in [0, 0.05) is 5.02 Å². The van der Waals surface area contributed by atoms with Crippen molar-refractivity contribution in [1.82, 2.24) is 0 Å². The molecule has 0 fully saturated rings. The van der Waals surface area contributed by atoms with E-state index in [1.54, 1.807) is 18.2 Å². The zero-order chi connectivity index (χ0) is 11.4. The van der Waals surface area contributed by atoms with Gasteiger partial charge in [-0.3, -0.25) is 0 Å². The minimum absolute atomic E-state index is 0.271. The van der Waals surface area contributed by atoms with Gasteiger partial charge in [-0.2, -0.15) is 0 Å². The van der Waals surface area contributed by atoms with Crippen LogP contribution in [0.4, 0.5) is 0 Å². The lowest BCUT2D eigenvalue weighted by atomic mass is 10.0.